The van der Waals surface area contributed by atoms with Crippen molar-refractivity contribution in [3.05, 3.63) is 57.8 Å². The van der Waals surface area contributed by atoms with Gasteiger partial charge in [-0.2, -0.15) is 0 Å². The number of thioether (sulfide) groups is 1. The molecule has 3 aromatic rings. The van der Waals surface area contributed by atoms with Crippen LogP contribution in [-0.4, -0.2) is 33.5 Å². The number of aromatic nitrogens is 3. The monoisotopic (exact) mass is 510 g/mol. The van der Waals surface area contributed by atoms with Crippen molar-refractivity contribution < 1.29 is 14.3 Å². The van der Waals surface area contributed by atoms with Gasteiger partial charge in [-0.3, -0.25) is 4.79 Å². The van der Waals surface area contributed by atoms with E-state index in [9.17, 15) is 4.79 Å². The highest BCUT2D eigenvalue weighted by molar-refractivity contribution is 9.10. The van der Waals surface area contributed by atoms with Gasteiger partial charge in [-0.15, -0.1) is 10.2 Å². The third-order valence-electron chi connectivity index (χ3n) is 4.12. The van der Waals surface area contributed by atoms with Gasteiger partial charge in [0.1, 0.15) is 11.5 Å². The zero-order valence-electron chi connectivity index (χ0n) is 16.6. The van der Waals surface area contributed by atoms with E-state index in [0.717, 1.165) is 4.47 Å². The SMILES string of the molecule is COc1cccc(OC(C)c2nnc(SCC(=O)Nc3ccc(Br)c(Cl)c3)n2C)c1. The van der Waals surface area contributed by atoms with E-state index in [-0.39, 0.29) is 17.8 Å². The maximum atomic E-state index is 12.3. The van der Waals surface area contributed by atoms with Crippen LogP contribution in [0.25, 0.3) is 0 Å². The minimum Gasteiger partial charge on any atom is -0.497 e. The van der Waals surface area contributed by atoms with Crippen molar-refractivity contribution >= 4 is 50.9 Å². The van der Waals surface area contributed by atoms with E-state index in [1.807, 2.05) is 36.7 Å². The highest BCUT2D eigenvalue weighted by atomic mass is 79.9. The second-order valence-electron chi connectivity index (χ2n) is 6.30. The lowest BCUT2D eigenvalue weighted by molar-refractivity contribution is -0.113. The Labute approximate surface area is 192 Å². The molecule has 1 heterocycles. The Hall–Kier alpha value is -2.23. The fourth-order valence-electron chi connectivity index (χ4n) is 2.64. The zero-order chi connectivity index (χ0) is 21.7. The minimum atomic E-state index is -0.331. The molecule has 0 fully saturated rings. The molecule has 0 aliphatic rings. The van der Waals surface area contributed by atoms with Crippen molar-refractivity contribution in [2.24, 2.45) is 7.05 Å². The van der Waals surface area contributed by atoms with Crippen LogP contribution in [0.2, 0.25) is 5.02 Å². The molecular weight excluding hydrogens is 492 g/mol. The van der Waals surface area contributed by atoms with Crippen LogP contribution < -0.4 is 14.8 Å². The predicted molar refractivity (Wildman–Crippen MR) is 122 cm³/mol. The number of ether oxygens (including phenoxy) is 2. The lowest BCUT2D eigenvalue weighted by Crippen LogP contribution is -2.15. The highest BCUT2D eigenvalue weighted by Gasteiger charge is 2.18. The number of carbonyl (C=O) groups is 1. The standard InChI is InChI=1S/C20H20BrClN4O3S/c1-12(29-15-6-4-5-14(10-15)28-3)19-24-25-20(26(19)2)30-11-18(27)23-13-7-8-16(21)17(22)9-13/h4-10,12H,11H2,1-3H3,(H,23,27). The summed E-state index contributed by atoms with van der Waals surface area (Å²) in [5.41, 5.74) is 0.632. The summed E-state index contributed by atoms with van der Waals surface area (Å²) in [6, 6.07) is 12.6. The van der Waals surface area contributed by atoms with Gasteiger partial charge in [0.15, 0.2) is 17.1 Å². The molecule has 0 aliphatic carbocycles. The van der Waals surface area contributed by atoms with Gasteiger partial charge in [-0.05, 0) is 53.2 Å². The number of benzene rings is 2. The second kappa shape index (κ2) is 10.2. The normalized spacial score (nSPS) is 11.8. The first-order valence-electron chi connectivity index (χ1n) is 8.95. The maximum Gasteiger partial charge on any atom is 0.234 e. The van der Waals surface area contributed by atoms with Crippen molar-refractivity contribution in [1.82, 2.24) is 14.8 Å². The van der Waals surface area contributed by atoms with Crippen LogP contribution in [0.4, 0.5) is 5.69 Å². The summed E-state index contributed by atoms with van der Waals surface area (Å²) >= 11 is 10.7. The molecule has 10 heteroatoms. The summed E-state index contributed by atoms with van der Waals surface area (Å²) in [5.74, 6) is 2.06. The van der Waals surface area contributed by atoms with E-state index < -0.39 is 0 Å². The minimum absolute atomic E-state index is 0.163. The molecule has 1 unspecified atom stereocenters. The van der Waals surface area contributed by atoms with Gasteiger partial charge in [-0.25, -0.2) is 0 Å². The summed E-state index contributed by atoms with van der Waals surface area (Å²) in [6.45, 7) is 1.89. The number of nitrogens with one attached hydrogen (secondary N) is 1. The molecule has 0 spiro atoms. The number of nitrogens with zero attached hydrogens (tertiary/aromatic N) is 3. The van der Waals surface area contributed by atoms with Crippen LogP contribution in [0.15, 0.2) is 52.1 Å². The van der Waals surface area contributed by atoms with Gasteiger partial charge < -0.3 is 19.4 Å². The van der Waals surface area contributed by atoms with Crippen LogP contribution >= 0.6 is 39.3 Å². The quantitative estimate of drug-likeness (QED) is 0.423. The molecule has 1 amide bonds. The Morgan fingerprint density at radius 2 is 2.03 bits per heavy atom. The van der Waals surface area contributed by atoms with Gasteiger partial charge >= 0.3 is 0 Å². The smallest absolute Gasteiger partial charge is 0.234 e. The molecule has 3 rings (SSSR count). The largest absolute Gasteiger partial charge is 0.497 e. The third kappa shape index (κ3) is 5.68. The summed E-state index contributed by atoms with van der Waals surface area (Å²) in [6.07, 6.45) is -0.331. The summed E-state index contributed by atoms with van der Waals surface area (Å²) in [7, 11) is 3.45. The van der Waals surface area contributed by atoms with Crippen LogP contribution in [0.5, 0.6) is 11.5 Å². The Balaban J connectivity index is 1.58. The van der Waals surface area contributed by atoms with Crippen LogP contribution in [-0.2, 0) is 11.8 Å². The molecule has 1 N–H and O–H groups in total. The Kier molecular flexibility index (Phi) is 7.63. The molecular formula is C20H20BrClN4O3S. The van der Waals surface area contributed by atoms with E-state index in [1.165, 1.54) is 11.8 Å². The first-order valence-corrected chi connectivity index (χ1v) is 11.1. The number of methoxy groups -OCH3 is 1. The van der Waals surface area contributed by atoms with E-state index in [2.05, 4.69) is 31.4 Å². The molecule has 1 atom stereocenters. The molecule has 0 bridgehead atoms. The van der Waals surface area contributed by atoms with Gasteiger partial charge in [0, 0.05) is 23.3 Å². The van der Waals surface area contributed by atoms with Gasteiger partial charge in [-0.1, -0.05) is 29.4 Å². The van der Waals surface area contributed by atoms with E-state index in [1.54, 1.807) is 31.4 Å². The Bertz CT molecular complexity index is 1050. The fourth-order valence-corrected chi connectivity index (χ4v) is 3.78. The number of hydrogen-bond acceptors (Lipinski definition) is 6. The zero-order valence-corrected chi connectivity index (χ0v) is 19.7. The Morgan fingerprint density at radius 1 is 1.27 bits per heavy atom. The van der Waals surface area contributed by atoms with E-state index in [0.29, 0.717) is 33.2 Å². The number of rotatable bonds is 8. The van der Waals surface area contributed by atoms with Gasteiger partial charge in [0.05, 0.1) is 17.9 Å². The molecule has 7 nitrogen and oxygen atoms in total. The van der Waals surface area contributed by atoms with Crippen molar-refractivity contribution in [3.63, 3.8) is 0 Å². The van der Waals surface area contributed by atoms with Crippen LogP contribution in [0.1, 0.15) is 18.9 Å². The van der Waals surface area contributed by atoms with Crippen molar-refractivity contribution in [2.75, 3.05) is 18.2 Å². The van der Waals surface area contributed by atoms with Crippen molar-refractivity contribution in [2.45, 2.75) is 18.2 Å². The third-order valence-corrected chi connectivity index (χ3v) is 6.37. The molecule has 0 radical (unpaired) electrons. The Morgan fingerprint density at radius 3 is 2.77 bits per heavy atom. The summed E-state index contributed by atoms with van der Waals surface area (Å²) in [4.78, 5) is 12.3. The first-order chi connectivity index (χ1) is 14.4. The summed E-state index contributed by atoms with van der Waals surface area (Å²) < 4.78 is 13.8. The number of halogens is 2. The van der Waals surface area contributed by atoms with Gasteiger partial charge in [0.25, 0.3) is 0 Å². The lowest BCUT2D eigenvalue weighted by atomic mass is 10.3. The summed E-state index contributed by atoms with van der Waals surface area (Å²) in [5, 5.41) is 12.4. The van der Waals surface area contributed by atoms with Crippen molar-refractivity contribution in [3.8, 4) is 11.5 Å². The molecule has 158 valence electrons. The average molecular weight is 512 g/mol. The predicted octanol–water partition coefficient (Wildman–Crippen LogP) is 5.11. The van der Waals surface area contributed by atoms with Crippen molar-refractivity contribution in [1.29, 1.82) is 0 Å². The molecule has 0 saturated carbocycles. The number of anilines is 1. The average Bonchev–Trinajstić information content (AvgIpc) is 3.10. The van der Waals surface area contributed by atoms with E-state index >= 15 is 0 Å². The van der Waals surface area contributed by atoms with Crippen LogP contribution in [0.3, 0.4) is 0 Å². The molecule has 0 aliphatic heterocycles. The number of amides is 1. The fraction of sp³-hybridized carbons (Fsp3) is 0.250. The number of carbonyl (C=O) groups excluding carboxylic acids is 1. The van der Waals surface area contributed by atoms with Gasteiger partial charge in [0.2, 0.25) is 5.91 Å². The van der Waals surface area contributed by atoms with E-state index in [4.69, 9.17) is 21.1 Å². The molecule has 0 saturated heterocycles. The highest BCUT2D eigenvalue weighted by Crippen LogP contribution is 2.27. The number of hydrogen-bond donors (Lipinski definition) is 1. The molecule has 2 aromatic carbocycles. The molecule has 1 aromatic heterocycles. The lowest BCUT2D eigenvalue weighted by Gasteiger charge is -2.14. The topological polar surface area (TPSA) is 78.3 Å². The second-order valence-corrected chi connectivity index (χ2v) is 8.51. The van der Waals surface area contributed by atoms with Crippen LogP contribution in [0, 0.1) is 0 Å². The maximum absolute atomic E-state index is 12.3. The molecule has 30 heavy (non-hydrogen) atoms. The first kappa shape index (κ1) is 22.5.